The molecule has 154 valence electrons. The lowest BCUT2D eigenvalue weighted by Gasteiger charge is -2.30. The Balaban J connectivity index is 1.32. The minimum atomic E-state index is -0.341. The lowest BCUT2D eigenvalue weighted by atomic mass is 9.99. The van der Waals surface area contributed by atoms with Gasteiger partial charge in [0.25, 0.3) is 11.8 Å². The highest BCUT2D eigenvalue weighted by Crippen LogP contribution is 2.21. The number of rotatable bonds is 6. The number of carbonyl (C=O) groups excluding carboxylic acids is 2. The smallest absolute Gasteiger partial charge is 0.274 e. The van der Waals surface area contributed by atoms with Gasteiger partial charge in [-0.15, -0.1) is 5.10 Å². The molecule has 2 aliphatic rings. The van der Waals surface area contributed by atoms with Crippen molar-refractivity contribution in [2.45, 2.75) is 38.8 Å². The van der Waals surface area contributed by atoms with Gasteiger partial charge in [0.15, 0.2) is 11.4 Å². The molecule has 29 heavy (non-hydrogen) atoms. The van der Waals surface area contributed by atoms with E-state index in [1.165, 1.54) is 17.5 Å². The zero-order valence-corrected chi connectivity index (χ0v) is 16.8. The van der Waals surface area contributed by atoms with Crippen LogP contribution in [0, 0.1) is 5.92 Å². The maximum atomic E-state index is 12.6. The quantitative estimate of drug-likeness (QED) is 0.724. The molecule has 2 aromatic rings. The van der Waals surface area contributed by atoms with Crippen LogP contribution in [0.1, 0.15) is 58.8 Å². The summed E-state index contributed by atoms with van der Waals surface area (Å²) in [5.41, 5.74) is 1.33. The van der Waals surface area contributed by atoms with E-state index in [1.54, 1.807) is 0 Å². The third kappa shape index (κ3) is 4.48. The first kappa shape index (κ1) is 19.6. The van der Waals surface area contributed by atoms with Gasteiger partial charge in [-0.2, -0.15) is 0 Å². The Morgan fingerprint density at radius 1 is 1.24 bits per heavy atom. The van der Waals surface area contributed by atoms with Gasteiger partial charge < -0.3 is 15.5 Å². The molecule has 0 spiro atoms. The molecule has 1 fully saturated rings. The monoisotopic (exact) mass is 396 g/mol. The van der Waals surface area contributed by atoms with E-state index in [0.717, 1.165) is 37.5 Å². The number of piperidine rings is 1. The minimum absolute atomic E-state index is 0.0980. The molecule has 0 saturated carbocycles. The van der Waals surface area contributed by atoms with E-state index in [9.17, 15) is 9.59 Å². The summed E-state index contributed by atoms with van der Waals surface area (Å²) >= 11 is 0. The van der Waals surface area contributed by atoms with Crippen LogP contribution >= 0.6 is 0 Å². The number of nitrogens with one attached hydrogen (secondary N) is 2. The summed E-state index contributed by atoms with van der Waals surface area (Å²) in [5.74, 6) is 0.160. The average Bonchev–Trinajstić information content (AvgIpc) is 3.18. The second-order valence-corrected chi connectivity index (χ2v) is 8.04. The van der Waals surface area contributed by atoms with Crippen LogP contribution in [0.2, 0.25) is 0 Å². The molecule has 0 radical (unpaired) electrons. The van der Waals surface area contributed by atoms with Gasteiger partial charge in [-0.3, -0.25) is 9.59 Å². The molecule has 4 rings (SSSR count). The Morgan fingerprint density at radius 3 is 2.76 bits per heavy atom. The van der Waals surface area contributed by atoms with Crippen LogP contribution in [0.15, 0.2) is 30.3 Å². The molecule has 2 aliphatic heterocycles. The van der Waals surface area contributed by atoms with E-state index >= 15 is 0 Å². The summed E-state index contributed by atoms with van der Waals surface area (Å²) in [6, 6.07) is 9.54. The van der Waals surface area contributed by atoms with Crippen LogP contribution in [0.5, 0.6) is 0 Å². The lowest BCUT2D eigenvalue weighted by Crippen LogP contribution is -2.40. The number of likely N-dealkylation sites (tertiary alicyclic amines) is 1. The van der Waals surface area contributed by atoms with Gasteiger partial charge in [0.1, 0.15) is 0 Å². The van der Waals surface area contributed by atoms with Crippen LogP contribution < -0.4 is 10.6 Å². The minimum Gasteiger partial charge on any atom is -0.351 e. The predicted molar refractivity (Wildman–Crippen MR) is 108 cm³/mol. The van der Waals surface area contributed by atoms with Crippen molar-refractivity contribution in [3.8, 4) is 0 Å². The predicted octanol–water partition coefficient (Wildman–Crippen LogP) is 1.61. The Morgan fingerprint density at radius 2 is 2.00 bits per heavy atom. The normalized spacial score (nSPS) is 20.2. The molecule has 1 atom stereocenters. The molecule has 0 bridgehead atoms. The number of aromatic nitrogens is 3. The van der Waals surface area contributed by atoms with E-state index < -0.39 is 0 Å². The molecule has 0 unspecified atom stereocenters. The summed E-state index contributed by atoms with van der Waals surface area (Å²) in [4.78, 5) is 27.6. The van der Waals surface area contributed by atoms with Crippen LogP contribution in [-0.2, 0) is 6.54 Å². The molecule has 2 amide bonds. The first-order chi connectivity index (χ1) is 14.1. The molecule has 1 saturated heterocycles. The number of benzene rings is 1. The summed E-state index contributed by atoms with van der Waals surface area (Å²) in [5, 5.41) is 13.9. The molecule has 8 nitrogen and oxygen atoms in total. The Labute approximate surface area is 170 Å². The SMILES string of the molecule is CC1CCN(CCCNC(=O)c2nnn3c2C(=O)N[C@@H](c2ccccc2)C3)CC1. The first-order valence-electron chi connectivity index (χ1n) is 10.4. The van der Waals surface area contributed by atoms with Gasteiger partial charge in [-0.25, -0.2) is 4.68 Å². The van der Waals surface area contributed by atoms with Crippen LogP contribution in [0.4, 0.5) is 0 Å². The summed E-state index contributed by atoms with van der Waals surface area (Å²) in [7, 11) is 0. The maximum Gasteiger partial charge on any atom is 0.274 e. The van der Waals surface area contributed by atoms with Crippen LogP contribution in [-0.4, -0.2) is 57.9 Å². The number of hydrogen-bond acceptors (Lipinski definition) is 5. The van der Waals surface area contributed by atoms with E-state index in [2.05, 4.69) is 32.8 Å². The maximum absolute atomic E-state index is 12.6. The second kappa shape index (κ2) is 8.73. The van der Waals surface area contributed by atoms with Gasteiger partial charge >= 0.3 is 0 Å². The van der Waals surface area contributed by atoms with E-state index in [1.807, 2.05) is 30.3 Å². The van der Waals surface area contributed by atoms with Gasteiger partial charge in [0.05, 0.1) is 12.6 Å². The van der Waals surface area contributed by atoms with Gasteiger partial charge in [-0.05, 0) is 50.4 Å². The Kier molecular flexibility index (Phi) is 5.89. The number of fused-ring (bicyclic) bond motifs is 1. The summed E-state index contributed by atoms with van der Waals surface area (Å²) in [6.45, 7) is 6.57. The largest absolute Gasteiger partial charge is 0.351 e. The number of nitrogens with zero attached hydrogens (tertiary/aromatic N) is 4. The Hall–Kier alpha value is -2.74. The summed E-state index contributed by atoms with van der Waals surface area (Å²) < 4.78 is 1.53. The number of hydrogen-bond donors (Lipinski definition) is 2. The molecule has 0 aliphatic carbocycles. The van der Waals surface area contributed by atoms with Crippen LogP contribution in [0.3, 0.4) is 0 Å². The molecule has 8 heteroatoms. The van der Waals surface area contributed by atoms with Gasteiger partial charge in [-0.1, -0.05) is 42.5 Å². The second-order valence-electron chi connectivity index (χ2n) is 8.04. The van der Waals surface area contributed by atoms with Crippen molar-refractivity contribution in [1.29, 1.82) is 0 Å². The van der Waals surface area contributed by atoms with Crippen LogP contribution in [0.25, 0.3) is 0 Å². The number of amides is 2. The molecule has 1 aromatic heterocycles. The average molecular weight is 396 g/mol. The zero-order chi connectivity index (χ0) is 20.2. The molecule has 3 heterocycles. The fraction of sp³-hybridized carbons (Fsp3) is 0.524. The fourth-order valence-corrected chi connectivity index (χ4v) is 4.01. The molecule has 1 aromatic carbocycles. The lowest BCUT2D eigenvalue weighted by molar-refractivity contribution is 0.0876. The number of carbonyl (C=O) groups is 2. The van der Waals surface area contributed by atoms with Crippen molar-refractivity contribution in [1.82, 2.24) is 30.5 Å². The molecule has 2 N–H and O–H groups in total. The highest BCUT2D eigenvalue weighted by molar-refractivity contribution is 6.05. The van der Waals surface area contributed by atoms with E-state index in [-0.39, 0.29) is 29.2 Å². The van der Waals surface area contributed by atoms with Crippen molar-refractivity contribution < 1.29 is 9.59 Å². The third-order valence-corrected chi connectivity index (χ3v) is 5.84. The van der Waals surface area contributed by atoms with Crippen molar-refractivity contribution in [2.24, 2.45) is 5.92 Å². The highest BCUT2D eigenvalue weighted by Gasteiger charge is 2.32. The fourth-order valence-electron chi connectivity index (χ4n) is 4.01. The van der Waals surface area contributed by atoms with Crippen molar-refractivity contribution in [2.75, 3.05) is 26.2 Å². The van der Waals surface area contributed by atoms with E-state index in [4.69, 9.17) is 0 Å². The topological polar surface area (TPSA) is 92.2 Å². The van der Waals surface area contributed by atoms with E-state index in [0.29, 0.717) is 13.1 Å². The van der Waals surface area contributed by atoms with Crippen molar-refractivity contribution in [3.63, 3.8) is 0 Å². The van der Waals surface area contributed by atoms with Crippen molar-refractivity contribution >= 4 is 11.8 Å². The highest BCUT2D eigenvalue weighted by atomic mass is 16.2. The molecular formula is C21H28N6O2. The van der Waals surface area contributed by atoms with Gasteiger partial charge in [0.2, 0.25) is 0 Å². The summed E-state index contributed by atoms with van der Waals surface area (Å²) in [6.07, 6.45) is 3.38. The zero-order valence-electron chi connectivity index (χ0n) is 16.8. The molecular weight excluding hydrogens is 368 g/mol. The first-order valence-corrected chi connectivity index (χ1v) is 10.4. The third-order valence-electron chi connectivity index (χ3n) is 5.84. The Bertz CT molecular complexity index is 857. The van der Waals surface area contributed by atoms with Gasteiger partial charge in [0, 0.05) is 6.54 Å². The van der Waals surface area contributed by atoms with Crippen molar-refractivity contribution in [3.05, 3.63) is 47.3 Å². The standard InChI is InChI=1S/C21H28N6O2/c1-15-8-12-26(13-9-15)11-5-10-22-20(28)18-19-21(29)23-17(14-27(19)25-24-18)16-6-3-2-4-7-16/h2-4,6-7,15,17H,5,8-14H2,1H3,(H,22,28)(H,23,29)/t17-/m1/s1.